The van der Waals surface area contributed by atoms with Gasteiger partial charge in [0.25, 0.3) is 0 Å². The van der Waals surface area contributed by atoms with Gasteiger partial charge in [-0.15, -0.1) is 0 Å². The second-order valence-corrected chi connectivity index (χ2v) is 5.09. The lowest BCUT2D eigenvalue weighted by molar-refractivity contribution is 0.204. The van der Waals surface area contributed by atoms with Crippen LogP contribution in [-0.2, 0) is 4.74 Å². The molecular formula is C12H17ClN4OS2. The van der Waals surface area contributed by atoms with E-state index in [0.29, 0.717) is 28.4 Å². The Bertz CT molecular complexity index is 485. The fraction of sp³-hybridized carbons (Fsp3) is 0.333. The standard InChI is InChI=1S/C12H17ClN4OS2/c1-8-9(13)4-3-5-10(8)15-12(20)17-16-11(19)14-6-7-18-2/h3-5H,6-7H2,1-2H3,(H2,14,16,19)(H2,15,17,20). The van der Waals surface area contributed by atoms with Gasteiger partial charge in [-0.1, -0.05) is 17.7 Å². The summed E-state index contributed by atoms with van der Waals surface area (Å²) in [5.41, 5.74) is 7.33. The Labute approximate surface area is 134 Å². The van der Waals surface area contributed by atoms with Crippen LogP contribution in [0.25, 0.3) is 0 Å². The number of thiocarbonyl (C=S) groups is 2. The van der Waals surface area contributed by atoms with E-state index in [1.165, 1.54) is 0 Å². The largest absolute Gasteiger partial charge is 0.383 e. The van der Waals surface area contributed by atoms with Crippen LogP contribution in [0.2, 0.25) is 5.02 Å². The van der Waals surface area contributed by atoms with E-state index in [1.54, 1.807) is 7.11 Å². The molecule has 0 fully saturated rings. The SMILES string of the molecule is COCCNC(=S)NNC(=S)Nc1cccc(Cl)c1C. The minimum absolute atomic E-state index is 0.395. The van der Waals surface area contributed by atoms with Gasteiger partial charge < -0.3 is 15.4 Å². The molecule has 0 saturated heterocycles. The molecule has 0 atom stereocenters. The highest BCUT2D eigenvalue weighted by atomic mass is 35.5. The number of hydrogen-bond acceptors (Lipinski definition) is 3. The topological polar surface area (TPSA) is 57.4 Å². The maximum atomic E-state index is 6.03. The molecule has 0 aliphatic heterocycles. The molecule has 0 aromatic heterocycles. The number of hydrazine groups is 1. The Kier molecular flexibility index (Phi) is 7.53. The van der Waals surface area contributed by atoms with Crippen LogP contribution in [0.4, 0.5) is 5.69 Å². The van der Waals surface area contributed by atoms with Gasteiger partial charge in [0.2, 0.25) is 0 Å². The minimum atomic E-state index is 0.395. The van der Waals surface area contributed by atoms with Gasteiger partial charge in [0.1, 0.15) is 0 Å². The first-order chi connectivity index (χ1) is 9.54. The third-order valence-corrected chi connectivity index (χ3v) is 3.26. The zero-order chi connectivity index (χ0) is 15.0. The highest BCUT2D eigenvalue weighted by Crippen LogP contribution is 2.22. The summed E-state index contributed by atoms with van der Waals surface area (Å²) < 4.78 is 4.90. The molecular weight excluding hydrogens is 316 g/mol. The number of methoxy groups -OCH3 is 1. The third kappa shape index (κ3) is 5.87. The summed E-state index contributed by atoms with van der Waals surface area (Å²) in [6.45, 7) is 3.11. The molecule has 1 aromatic carbocycles. The van der Waals surface area contributed by atoms with Crippen LogP contribution >= 0.6 is 36.0 Å². The van der Waals surface area contributed by atoms with Crippen LogP contribution in [0.5, 0.6) is 0 Å². The van der Waals surface area contributed by atoms with Gasteiger partial charge in [-0.05, 0) is 49.1 Å². The van der Waals surface area contributed by atoms with E-state index in [2.05, 4.69) is 21.5 Å². The zero-order valence-corrected chi connectivity index (χ0v) is 13.6. The third-order valence-electron chi connectivity index (χ3n) is 2.40. The number of anilines is 1. The van der Waals surface area contributed by atoms with Crippen molar-refractivity contribution in [3.8, 4) is 0 Å². The molecule has 4 N–H and O–H groups in total. The van der Waals surface area contributed by atoms with Crippen LogP contribution < -0.4 is 21.5 Å². The summed E-state index contributed by atoms with van der Waals surface area (Å²) in [5.74, 6) is 0. The zero-order valence-electron chi connectivity index (χ0n) is 11.2. The van der Waals surface area contributed by atoms with E-state index >= 15 is 0 Å². The molecule has 0 radical (unpaired) electrons. The number of rotatable bonds is 4. The fourth-order valence-corrected chi connectivity index (χ4v) is 1.81. The van der Waals surface area contributed by atoms with Gasteiger partial charge in [-0.2, -0.15) is 0 Å². The predicted octanol–water partition coefficient (Wildman–Crippen LogP) is 1.96. The Balaban J connectivity index is 2.37. The highest BCUT2D eigenvalue weighted by molar-refractivity contribution is 7.80. The van der Waals surface area contributed by atoms with Crippen molar-refractivity contribution in [2.45, 2.75) is 6.92 Å². The van der Waals surface area contributed by atoms with E-state index in [4.69, 9.17) is 40.8 Å². The second-order valence-electron chi connectivity index (χ2n) is 3.87. The van der Waals surface area contributed by atoms with Crippen LogP contribution in [0.1, 0.15) is 5.56 Å². The summed E-state index contributed by atoms with van der Waals surface area (Å²) in [6, 6.07) is 5.57. The van der Waals surface area contributed by atoms with Crippen molar-refractivity contribution < 1.29 is 4.74 Å². The summed E-state index contributed by atoms with van der Waals surface area (Å²) in [6.07, 6.45) is 0. The lowest BCUT2D eigenvalue weighted by atomic mass is 10.2. The molecule has 0 saturated carbocycles. The number of ether oxygens (including phenoxy) is 1. The first kappa shape index (κ1) is 16.9. The Morgan fingerprint density at radius 1 is 1.25 bits per heavy atom. The monoisotopic (exact) mass is 332 g/mol. The number of hydrogen-bond donors (Lipinski definition) is 4. The van der Waals surface area contributed by atoms with Crippen molar-refractivity contribution >= 4 is 51.9 Å². The van der Waals surface area contributed by atoms with Crippen LogP contribution in [-0.4, -0.2) is 30.5 Å². The molecule has 0 bridgehead atoms. The predicted molar refractivity (Wildman–Crippen MR) is 91.2 cm³/mol. The molecule has 110 valence electrons. The lowest BCUT2D eigenvalue weighted by Crippen LogP contribution is -2.48. The Morgan fingerprint density at radius 3 is 2.65 bits per heavy atom. The van der Waals surface area contributed by atoms with Gasteiger partial charge in [0, 0.05) is 24.4 Å². The smallest absolute Gasteiger partial charge is 0.189 e. The van der Waals surface area contributed by atoms with Crippen molar-refractivity contribution in [2.24, 2.45) is 0 Å². The van der Waals surface area contributed by atoms with E-state index in [0.717, 1.165) is 11.3 Å². The maximum Gasteiger partial charge on any atom is 0.189 e. The summed E-state index contributed by atoms with van der Waals surface area (Å²) in [5, 5.41) is 7.50. The van der Waals surface area contributed by atoms with Crippen molar-refractivity contribution in [2.75, 3.05) is 25.6 Å². The Hall–Kier alpha value is -1.15. The summed E-state index contributed by atoms with van der Waals surface area (Å²) in [4.78, 5) is 0. The van der Waals surface area contributed by atoms with E-state index in [-0.39, 0.29) is 0 Å². The fourth-order valence-electron chi connectivity index (χ4n) is 1.32. The Morgan fingerprint density at radius 2 is 1.95 bits per heavy atom. The molecule has 0 heterocycles. The molecule has 1 aromatic rings. The quantitative estimate of drug-likeness (QED) is 0.382. The van der Waals surface area contributed by atoms with Gasteiger partial charge in [0.05, 0.1) is 6.61 Å². The van der Waals surface area contributed by atoms with Crippen molar-refractivity contribution in [3.05, 3.63) is 28.8 Å². The van der Waals surface area contributed by atoms with E-state index in [9.17, 15) is 0 Å². The number of halogens is 1. The number of nitrogens with one attached hydrogen (secondary N) is 4. The van der Waals surface area contributed by atoms with Crippen LogP contribution in [0.3, 0.4) is 0 Å². The van der Waals surface area contributed by atoms with Crippen LogP contribution in [0.15, 0.2) is 18.2 Å². The van der Waals surface area contributed by atoms with E-state index in [1.807, 2.05) is 25.1 Å². The maximum absolute atomic E-state index is 6.03. The summed E-state index contributed by atoms with van der Waals surface area (Å²) >= 11 is 16.2. The summed E-state index contributed by atoms with van der Waals surface area (Å²) in [7, 11) is 1.63. The van der Waals surface area contributed by atoms with Crippen molar-refractivity contribution in [3.63, 3.8) is 0 Å². The van der Waals surface area contributed by atoms with E-state index < -0.39 is 0 Å². The van der Waals surface area contributed by atoms with Crippen molar-refractivity contribution in [1.82, 2.24) is 16.2 Å². The highest BCUT2D eigenvalue weighted by Gasteiger charge is 2.04. The molecule has 8 heteroatoms. The molecule has 1 rings (SSSR count). The van der Waals surface area contributed by atoms with Gasteiger partial charge in [-0.25, -0.2) is 0 Å². The van der Waals surface area contributed by atoms with Crippen LogP contribution in [0, 0.1) is 6.92 Å². The molecule has 0 amide bonds. The molecule has 0 unspecified atom stereocenters. The van der Waals surface area contributed by atoms with Crippen molar-refractivity contribution in [1.29, 1.82) is 0 Å². The second kappa shape index (κ2) is 8.91. The van der Waals surface area contributed by atoms with Gasteiger partial charge in [-0.3, -0.25) is 10.9 Å². The molecule has 0 aliphatic carbocycles. The normalized spacial score (nSPS) is 9.75. The molecule has 20 heavy (non-hydrogen) atoms. The minimum Gasteiger partial charge on any atom is -0.383 e. The molecule has 0 spiro atoms. The first-order valence-corrected chi connectivity index (χ1v) is 7.09. The first-order valence-electron chi connectivity index (χ1n) is 5.89. The molecule has 0 aliphatic rings. The average Bonchev–Trinajstić information content (AvgIpc) is 2.42. The van der Waals surface area contributed by atoms with Gasteiger partial charge in [0.15, 0.2) is 10.2 Å². The number of benzene rings is 1. The average molecular weight is 333 g/mol. The lowest BCUT2D eigenvalue weighted by Gasteiger charge is -2.15. The molecule has 5 nitrogen and oxygen atoms in total. The van der Waals surface area contributed by atoms with Gasteiger partial charge >= 0.3 is 0 Å².